The molecule has 8 heteroatoms. The summed E-state index contributed by atoms with van der Waals surface area (Å²) in [6, 6.07) is -0.00782. The van der Waals surface area contributed by atoms with E-state index in [2.05, 4.69) is 10.2 Å². The molecule has 1 atom stereocenters. The number of aromatic nitrogens is 3. The van der Waals surface area contributed by atoms with Gasteiger partial charge in [-0.05, 0) is 6.92 Å². The molecule has 5 nitrogen and oxygen atoms in total. The number of fused-ring (bicyclic) bond motifs is 1. The SMILES string of the molecule is CC(N)CN1CCn2c(nnc2C(F)(F)F)C1. The summed E-state index contributed by atoms with van der Waals surface area (Å²) in [6.45, 7) is 3.67. The number of rotatable bonds is 2. The molecule has 0 radical (unpaired) electrons. The average Bonchev–Trinajstić information content (AvgIpc) is 2.58. The summed E-state index contributed by atoms with van der Waals surface area (Å²) >= 11 is 0. The van der Waals surface area contributed by atoms with Crippen LogP contribution in [0.2, 0.25) is 0 Å². The normalized spacial score (nSPS) is 19.1. The van der Waals surface area contributed by atoms with Crippen LogP contribution >= 0.6 is 0 Å². The lowest BCUT2D eigenvalue weighted by Gasteiger charge is -2.28. The molecule has 1 aliphatic rings. The standard InChI is InChI=1S/C9H14F3N5/c1-6(13)4-16-2-3-17-7(5-16)14-15-8(17)9(10,11)12/h6H,2-5,13H2,1H3. The van der Waals surface area contributed by atoms with Crippen molar-refractivity contribution in [1.29, 1.82) is 0 Å². The first-order valence-electron chi connectivity index (χ1n) is 5.35. The average molecular weight is 249 g/mol. The van der Waals surface area contributed by atoms with Gasteiger partial charge in [0.1, 0.15) is 5.82 Å². The molecule has 1 aliphatic heterocycles. The lowest BCUT2D eigenvalue weighted by atomic mass is 10.3. The van der Waals surface area contributed by atoms with Gasteiger partial charge in [0.05, 0.1) is 6.54 Å². The van der Waals surface area contributed by atoms with Crippen LogP contribution in [0.5, 0.6) is 0 Å². The van der Waals surface area contributed by atoms with Gasteiger partial charge < -0.3 is 10.3 Å². The fourth-order valence-corrected chi connectivity index (χ4v) is 1.98. The zero-order valence-corrected chi connectivity index (χ0v) is 9.41. The van der Waals surface area contributed by atoms with E-state index in [1.807, 2.05) is 11.8 Å². The summed E-state index contributed by atoms with van der Waals surface area (Å²) in [5.74, 6) is -0.558. The fourth-order valence-electron chi connectivity index (χ4n) is 1.98. The predicted octanol–water partition coefficient (Wildman–Crippen LogP) is 0.460. The number of alkyl halides is 3. The van der Waals surface area contributed by atoms with Crippen molar-refractivity contribution in [1.82, 2.24) is 19.7 Å². The van der Waals surface area contributed by atoms with Crippen LogP contribution in [0, 0.1) is 0 Å². The highest BCUT2D eigenvalue weighted by Crippen LogP contribution is 2.29. The molecule has 2 rings (SSSR count). The zero-order valence-electron chi connectivity index (χ0n) is 9.41. The second-order valence-corrected chi connectivity index (χ2v) is 4.30. The second kappa shape index (κ2) is 4.26. The van der Waals surface area contributed by atoms with Gasteiger partial charge in [-0.1, -0.05) is 0 Å². The minimum absolute atomic E-state index is 0.00782. The summed E-state index contributed by atoms with van der Waals surface area (Å²) < 4.78 is 38.8. The van der Waals surface area contributed by atoms with E-state index < -0.39 is 12.0 Å². The maximum absolute atomic E-state index is 12.6. The largest absolute Gasteiger partial charge is 0.451 e. The molecular weight excluding hydrogens is 235 g/mol. The van der Waals surface area contributed by atoms with Crippen molar-refractivity contribution in [2.24, 2.45) is 5.73 Å². The molecule has 0 aliphatic carbocycles. The van der Waals surface area contributed by atoms with Crippen LogP contribution in [-0.2, 0) is 19.3 Å². The van der Waals surface area contributed by atoms with E-state index in [4.69, 9.17) is 5.73 Å². The maximum atomic E-state index is 12.6. The summed E-state index contributed by atoms with van der Waals surface area (Å²) in [7, 11) is 0. The highest BCUT2D eigenvalue weighted by molar-refractivity contribution is 5.02. The van der Waals surface area contributed by atoms with Crippen LogP contribution in [0.4, 0.5) is 13.2 Å². The molecule has 0 saturated carbocycles. The van der Waals surface area contributed by atoms with E-state index in [9.17, 15) is 13.2 Å². The van der Waals surface area contributed by atoms with Gasteiger partial charge >= 0.3 is 6.18 Å². The Balaban J connectivity index is 2.16. The molecule has 0 spiro atoms. The van der Waals surface area contributed by atoms with Crippen molar-refractivity contribution >= 4 is 0 Å². The van der Waals surface area contributed by atoms with Crippen LogP contribution in [0.15, 0.2) is 0 Å². The van der Waals surface area contributed by atoms with Gasteiger partial charge in [0.15, 0.2) is 0 Å². The number of halogens is 3. The summed E-state index contributed by atoms with van der Waals surface area (Å²) in [4.78, 5) is 1.98. The minimum Gasteiger partial charge on any atom is -0.327 e. The van der Waals surface area contributed by atoms with E-state index in [1.54, 1.807) is 0 Å². The van der Waals surface area contributed by atoms with Crippen LogP contribution < -0.4 is 5.73 Å². The molecule has 1 unspecified atom stereocenters. The molecule has 0 amide bonds. The molecule has 0 bridgehead atoms. The van der Waals surface area contributed by atoms with Gasteiger partial charge in [0, 0.05) is 25.7 Å². The van der Waals surface area contributed by atoms with Crippen LogP contribution in [0.25, 0.3) is 0 Å². The first kappa shape index (κ1) is 12.3. The monoisotopic (exact) mass is 249 g/mol. The van der Waals surface area contributed by atoms with Crippen LogP contribution in [-0.4, -0.2) is 38.8 Å². The van der Waals surface area contributed by atoms with E-state index in [1.165, 1.54) is 0 Å². The Bertz CT molecular complexity index is 398. The van der Waals surface area contributed by atoms with Gasteiger partial charge in [0.2, 0.25) is 5.82 Å². The Morgan fingerprint density at radius 3 is 2.65 bits per heavy atom. The zero-order chi connectivity index (χ0) is 12.6. The molecule has 0 aromatic carbocycles. The Morgan fingerprint density at radius 1 is 1.35 bits per heavy atom. The summed E-state index contributed by atoms with van der Waals surface area (Å²) in [6.07, 6.45) is -4.44. The minimum atomic E-state index is -4.44. The number of nitrogens with two attached hydrogens (primary N) is 1. The smallest absolute Gasteiger partial charge is 0.327 e. The van der Waals surface area contributed by atoms with E-state index in [-0.39, 0.29) is 12.6 Å². The second-order valence-electron chi connectivity index (χ2n) is 4.30. The molecule has 2 heterocycles. The summed E-state index contributed by atoms with van der Waals surface area (Å²) in [5, 5.41) is 6.80. The maximum Gasteiger partial charge on any atom is 0.451 e. The lowest BCUT2D eigenvalue weighted by molar-refractivity contribution is -0.148. The molecule has 17 heavy (non-hydrogen) atoms. The quantitative estimate of drug-likeness (QED) is 0.827. The van der Waals surface area contributed by atoms with E-state index in [0.29, 0.717) is 25.5 Å². The Labute approximate surface area is 96.4 Å². The van der Waals surface area contributed by atoms with Crippen molar-refractivity contribution in [2.45, 2.75) is 32.2 Å². The van der Waals surface area contributed by atoms with Gasteiger partial charge in [-0.2, -0.15) is 13.2 Å². The van der Waals surface area contributed by atoms with Crippen molar-refractivity contribution in [2.75, 3.05) is 13.1 Å². The molecule has 1 aromatic rings. The van der Waals surface area contributed by atoms with Gasteiger partial charge in [-0.3, -0.25) is 4.90 Å². The van der Waals surface area contributed by atoms with Crippen molar-refractivity contribution < 1.29 is 13.2 Å². The number of nitrogens with zero attached hydrogens (tertiary/aromatic N) is 4. The first-order chi connectivity index (χ1) is 7.88. The van der Waals surface area contributed by atoms with E-state index in [0.717, 1.165) is 4.57 Å². The Hall–Kier alpha value is -1.15. The topological polar surface area (TPSA) is 60.0 Å². The molecule has 96 valence electrons. The molecule has 0 saturated heterocycles. The molecule has 0 fully saturated rings. The van der Waals surface area contributed by atoms with Crippen molar-refractivity contribution in [3.63, 3.8) is 0 Å². The third-order valence-electron chi connectivity index (χ3n) is 2.63. The van der Waals surface area contributed by atoms with Crippen LogP contribution in [0.1, 0.15) is 18.6 Å². The molecule has 1 aromatic heterocycles. The third kappa shape index (κ3) is 2.58. The lowest BCUT2D eigenvalue weighted by Crippen LogP contribution is -2.41. The highest BCUT2D eigenvalue weighted by Gasteiger charge is 2.39. The van der Waals surface area contributed by atoms with Crippen molar-refractivity contribution in [3.05, 3.63) is 11.6 Å². The number of hydrogen-bond donors (Lipinski definition) is 1. The first-order valence-corrected chi connectivity index (χ1v) is 5.35. The highest BCUT2D eigenvalue weighted by atomic mass is 19.4. The predicted molar refractivity (Wildman–Crippen MR) is 54.0 cm³/mol. The number of hydrogen-bond acceptors (Lipinski definition) is 4. The third-order valence-corrected chi connectivity index (χ3v) is 2.63. The Kier molecular flexibility index (Phi) is 3.09. The fraction of sp³-hybridized carbons (Fsp3) is 0.778. The van der Waals surface area contributed by atoms with Gasteiger partial charge in [0.25, 0.3) is 0 Å². The molecular formula is C9H14F3N5. The Morgan fingerprint density at radius 2 is 2.06 bits per heavy atom. The van der Waals surface area contributed by atoms with Gasteiger partial charge in [-0.25, -0.2) is 0 Å². The summed E-state index contributed by atoms with van der Waals surface area (Å²) in [5.41, 5.74) is 5.65. The van der Waals surface area contributed by atoms with Gasteiger partial charge in [-0.15, -0.1) is 10.2 Å². The van der Waals surface area contributed by atoms with Crippen molar-refractivity contribution in [3.8, 4) is 0 Å². The van der Waals surface area contributed by atoms with Crippen LogP contribution in [0.3, 0.4) is 0 Å². The van der Waals surface area contributed by atoms with E-state index >= 15 is 0 Å². The molecule has 2 N–H and O–H groups in total.